The van der Waals surface area contributed by atoms with E-state index in [9.17, 15) is 0 Å². The van der Waals surface area contributed by atoms with E-state index < -0.39 is 0 Å². The van der Waals surface area contributed by atoms with Crippen LogP contribution in [-0.4, -0.2) is 44.2 Å². The van der Waals surface area contributed by atoms with E-state index in [4.69, 9.17) is 4.74 Å². The van der Waals surface area contributed by atoms with E-state index >= 15 is 0 Å². The van der Waals surface area contributed by atoms with E-state index in [1.807, 2.05) is 6.21 Å². The van der Waals surface area contributed by atoms with Crippen LogP contribution in [0.25, 0.3) is 5.78 Å². The van der Waals surface area contributed by atoms with Gasteiger partial charge in [0.25, 0.3) is 11.7 Å². The van der Waals surface area contributed by atoms with Gasteiger partial charge in [-0.25, -0.2) is 4.99 Å². The van der Waals surface area contributed by atoms with Crippen molar-refractivity contribution in [2.75, 3.05) is 13.2 Å². The molecule has 2 aromatic rings. The molecule has 7 heteroatoms. The van der Waals surface area contributed by atoms with Crippen LogP contribution < -0.4 is 0 Å². The van der Waals surface area contributed by atoms with Crippen LogP contribution in [0.15, 0.2) is 11.3 Å². The van der Waals surface area contributed by atoms with E-state index in [1.165, 1.54) is 0 Å². The van der Waals surface area contributed by atoms with Crippen LogP contribution in [0.5, 0.6) is 0 Å². The van der Waals surface area contributed by atoms with Crippen molar-refractivity contribution in [3.05, 3.63) is 6.33 Å². The third-order valence-corrected chi connectivity index (χ3v) is 2.36. The van der Waals surface area contributed by atoms with Gasteiger partial charge in [0.15, 0.2) is 0 Å². The minimum absolute atomic E-state index is 0.389. The number of fused-ring (bicyclic) bond motifs is 1. The summed E-state index contributed by atoms with van der Waals surface area (Å²) in [6.07, 6.45) is 4.44. The minimum Gasteiger partial charge on any atom is -0.381 e. The Morgan fingerprint density at radius 3 is 3.47 bits per heavy atom. The second-order valence-corrected chi connectivity index (χ2v) is 3.42. The van der Waals surface area contributed by atoms with Crippen molar-refractivity contribution >= 4 is 17.9 Å². The lowest BCUT2D eigenvalue weighted by Gasteiger charge is -1.95. The van der Waals surface area contributed by atoms with Crippen molar-refractivity contribution in [1.82, 2.24) is 24.8 Å². The van der Waals surface area contributed by atoms with E-state index in [-0.39, 0.29) is 0 Å². The average Bonchev–Trinajstić information content (AvgIpc) is 2.93. The fraction of sp³-hybridized carbons (Fsp3) is 0.500. The summed E-state index contributed by atoms with van der Waals surface area (Å²) in [5.74, 6) is 1.44. The number of nitrogens with one attached hydrogen (secondary N) is 1. The lowest BCUT2D eigenvalue weighted by molar-refractivity contribution is 0.193. The maximum Gasteiger partial charge on any atom is 0.273 e. The number of ether oxygens (including phenoxy) is 1. The van der Waals surface area contributed by atoms with E-state index in [1.54, 1.807) is 10.8 Å². The summed E-state index contributed by atoms with van der Waals surface area (Å²) in [7, 11) is 0. The van der Waals surface area contributed by atoms with Crippen LogP contribution in [-0.2, 0) is 4.74 Å². The molecule has 1 unspecified atom stereocenters. The first kappa shape index (κ1) is 8.54. The number of hydrogen-bond donors (Lipinski definition) is 1. The highest BCUT2D eigenvalue weighted by molar-refractivity contribution is 5.64. The predicted molar refractivity (Wildman–Crippen MR) is 52.2 cm³/mol. The second kappa shape index (κ2) is 3.43. The smallest absolute Gasteiger partial charge is 0.273 e. The van der Waals surface area contributed by atoms with Gasteiger partial charge < -0.3 is 4.74 Å². The molecule has 0 saturated carbocycles. The van der Waals surface area contributed by atoms with Crippen molar-refractivity contribution in [2.24, 2.45) is 10.9 Å². The van der Waals surface area contributed by atoms with Crippen molar-refractivity contribution in [1.29, 1.82) is 0 Å². The summed E-state index contributed by atoms with van der Waals surface area (Å²) in [6.45, 7) is 1.56. The number of nitrogens with zero attached hydrogens (tertiary/aromatic N) is 5. The molecule has 0 amide bonds. The summed E-state index contributed by atoms with van der Waals surface area (Å²) in [4.78, 5) is 8.22. The normalized spacial score (nSPS) is 22.0. The topological polar surface area (TPSA) is 80.5 Å². The Labute approximate surface area is 85.2 Å². The molecule has 1 N–H and O–H groups in total. The highest BCUT2D eigenvalue weighted by Gasteiger charge is 2.13. The van der Waals surface area contributed by atoms with Crippen molar-refractivity contribution < 1.29 is 4.74 Å². The number of aliphatic imine (C=N–C) groups is 1. The molecule has 0 aliphatic carbocycles. The van der Waals surface area contributed by atoms with Crippen LogP contribution in [0.3, 0.4) is 0 Å². The fourth-order valence-electron chi connectivity index (χ4n) is 1.54. The fourth-order valence-corrected chi connectivity index (χ4v) is 1.54. The highest BCUT2D eigenvalue weighted by Crippen LogP contribution is 2.12. The quantitative estimate of drug-likeness (QED) is 0.711. The van der Waals surface area contributed by atoms with Gasteiger partial charge in [-0.1, -0.05) is 0 Å². The van der Waals surface area contributed by atoms with Gasteiger partial charge in [-0.15, -0.1) is 10.2 Å². The van der Waals surface area contributed by atoms with Crippen molar-refractivity contribution in [3.8, 4) is 0 Å². The van der Waals surface area contributed by atoms with E-state index in [0.29, 0.717) is 17.6 Å². The van der Waals surface area contributed by atoms with Crippen LogP contribution in [0, 0.1) is 5.92 Å². The molecule has 1 aliphatic heterocycles. The Bertz CT molecular complexity index is 480. The molecule has 0 bridgehead atoms. The van der Waals surface area contributed by atoms with Gasteiger partial charge in [0, 0.05) is 18.7 Å². The summed E-state index contributed by atoms with van der Waals surface area (Å²) in [5, 5.41) is 10.6. The molecule has 2 aromatic heterocycles. The maximum absolute atomic E-state index is 5.25. The second-order valence-electron chi connectivity index (χ2n) is 3.42. The zero-order valence-electron chi connectivity index (χ0n) is 8.00. The number of aromatic nitrogens is 5. The lowest BCUT2D eigenvalue weighted by atomic mass is 10.1. The molecule has 7 nitrogen and oxygen atoms in total. The third-order valence-electron chi connectivity index (χ3n) is 2.36. The van der Waals surface area contributed by atoms with Crippen molar-refractivity contribution in [3.63, 3.8) is 0 Å². The molecule has 0 spiro atoms. The Kier molecular flexibility index (Phi) is 1.95. The average molecular weight is 206 g/mol. The summed E-state index contributed by atoms with van der Waals surface area (Å²) < 4.78 is 6.88. The van der Waals surface area contributed by atoms with Gasteiger partial charge in [-0.2, -0.15) is 9.50 Å². The van der Waals surface area contributed by atoms with Crippen LogP contribution in [0.4, 0.5) is 5.95 Å². The highest BCUT2D eigenvalue weighted by atomic mass is 16.5. The molecule has 3 heterocycles. The summed E-state index contributed by atoms with van der Waals surface area (Å²) in [5.41, 5.74) is 0. The van der Waals surface area contributed by atoms with Gasteiger partial charge in [-0.3, -0.25) is 5.10 Å². The minimum atomic E-state index is 0.389. The van der Waals surface area contributed by atoms with Gasteiger partial charge in [0.1, 0.15) is 6.33 Å². The largest absolute Gasteiger partial charge is 0.381 e. The first-order valence-corrected chi connectivity index (χ1v) is 4.80. The molecule has 15 heavy (non-hydrogen) atoms. The Morgan fingerprint density at radius 1 is 1.60 bits per heavy atom. The SMILES string of the molecule is C(=N\c1nnc2nc[nH]n12)/C1CCOC1. The summed E-state index contributed by atoms with van der Waals surface area (Å²) >= 11 is 0. The zero-order valence-corrected chi connectivity index (χ0v) is 8.00. The van der Waals surface area contributed by atoms with Crippen LogP contribution >= 0.6 is 0 Å². The van der Waals surface area contributed by atoms with Gasteiger partial charge in [0.05, 0.1) is 6.61 Å². The van der Waals surface area contributed by atoms with E-state index in [2.05, 4.69) is 25.3 Å². The van der Waals surface area contributed by atoms with Gasteiger partial charge in [0.2, 0.25) is 0 Å². The Balaban J connectivity index is 1.85. The third kappa shape index (κ3) is 1.50. The number of H-pyrrole nitrogens is 1. The molecule has 0 aromatic carbocycles. The Hall–Kier alpha value is -1.76. The van der Waals surface area contributed by atoms with E-state index in [0.717, 1.165) is 19.6 Å². The maximum atomic E-state index is 5.25. The van der Waals surface area contributed by atoms with Gasteiger partial charge in [-0.05, 0) is 6.42 Å². The summed E-state index contributed by atoms with van der Waals surface area (Å²) in [6, 6.07) is 0. The van der Waals surface area contributed by atoms with Crippen LogP contribution in [0.2, 0.25) is 0 Å². The zero-order chi connectivity index (χ0) is 10.1. The van der Waals surface area contributed by atoms with Crippen LogP contribution in [0.1, 0.15) is 6.42 Å². The standard InChI is InChI=1S/C8H10N6O/c1-2-15-4-6(1)3-9-7-12-13-8-10-5-11-14(7)8/h3,5-6H,1-2,4H2,(H,10,11,13)/b9-3+. The first-order valence-electron chi connectivity index (χ1n) is 4.80. The number of hydrogen-bond acceptors (Lipinski definition) is 5. The van der Waals surface area contributed by atoms with Gasteiger partial charge >= 0.3 is 0 Å². The van der Waals surface area contributed by atoms with Crippen molar-refractivity contribution in [2.45, 2.75) is 6.42 Å². The molecule has 1 aliphatic rings. The molecule has 1 saturated heterocycles. The lowest BCUT2D eigenvalue weighted by Crippen LogP contribution is -1.99. The Morgan fingerprint density at radius 2 is 2.60 bits per heavy atom. The monoisotopic (exact) mass is 206 g/mol. The number of aromatic amines is 1. The molecule has 1 fully saturated rings. The number of rotatable bonds is 2. The molecule has 1 atom stereocenters. The predicted octanol–water partition coefficient (Wildman–Crippen LogP) is 0.191. The molecule has 3 rings (SSSR count). The molecular formula is C8H10N6O. The molecule has 78 valence electrons. The molecular weight excluding hydrogens is 196 g/mol. The molecule has 0 radical (unpaired) electrons. The first-order chi connectivity index (χ1) is 7.43.